The molecule has 2 aromatic carbocycles. The van der Waals surface area contributed by atoms with E-state index in [0.29, 0.717) is 0 Å². The van der Waals surface area contributed by atoms with E-state index in [1.807, 2.05) is 0 Å². The summed E-state index contributed by atoms with van der Waals surface area (Å²) in [6.07, 6.45) is 0. The van der Waals surface area contributed by atoms with Crippen LogP contribution in [0.25, 0.3) is 0 Å². The fourth-order valence-corrected chi connectivity index (χ4v) is 2.17. The third kappa shape index (κ3) is 2.27. The van der Waals surface area contributed by atoms with Crippen molar-refractivity contribution in [3.05, 3.63) is 59.7 Å². The molecule has 0 amide bonds. The number of carboxylic acid groups (broad SMARTS) is 2. The molecule has 0 bridgehead atoms. The van der Waals surface area contributed by atoms with Crippen molar-refractivity contribution in [2.24, 2.45) is 0 Å². The Kier molecular flexibility index (Phi) is 3.54. The fourth-order valence-electron chi connectivity index (χ4n) is 2.17. The van der Waals surface area contributed by atoms with Gasteiger partial charge in [-0.05, 0) is 35.4 Å². The molecule has 0 spiro atoms. The van der Waals surface area contributed by atoms with Gasteiger partial charge in [0.25, 0.3) is 0 Å². The van der Waals surface area contributed by atoms with Crippen molar-refractivity contribution in [2.75, 3.05) is 0 Å². The second-order valence-corrected chi connectivity index (χ2v) is 4.45. The van der Waals surface area contributed by atoms with Gasteiger partial charge in [0.15, 0.2) is 0 Å². The first-order valence-electron chi connectivity index (χ1n) is 5.95. The maximum Gasteiger partial charge on any atom is 0.330 e. The Morgan fingerprint density at radius 2 is 0.952 bits per heavy atom. The normalized spacial score (nSPS) is 11.0. The highest BCUT2D eigenvalue weighted by atomic mass is 16.4. The number of aliphatic carboxylic acids is 2. The molecular weight excluding hydrogens is 276 g/mol. The van der Waals surface area contributed by atoms with Gasteiger partial charge in [-0.25, -0.2) is 0 Å². The third-order valence-corrected chi connectivity index (χ3v) is 3.24. The van der Waals surface area contributed by atoms with E-state index in [9.17, 15) is 30.0 Å². The number of phenolic OH excluding ortho intramolecular Hbond substituents is 2. The lowest BCUT2D eigenvalue weighted by atomic mass is 9.74. The molecule has 21 heavy (non-hydrogen) atoms. The summed E-state index contributed by atoms with van der Waals surface area (Å²) in [5, 5.41) is 37.6. The van der Waals surface area contributed by atoms with Crippen molar-refractivity contribution in [2.45, 2.75) is 5.41 Å². The molecule has 0 saturated carbocycles. The van der Waals surface area contributed by atoms with E-state index in [-0.39, 0.29) is 22.6 Å². The van der Waals surface area contributed by atoms with Crippen LogP contribution in [0.4, 0.5) is 0 Å². The predicted molar refractivity (Wildman–Crippen MR) is 72.3 cm³/mol. The Bertz CT molecular complexity index is 611. The lowest BCUT2D eigenvalue weighted by Crippen LogP contribution is -2.44. The van der Waals surface area contributed by atoms with Crippen LogP contribution in [-0.4, -0.2) is 32.4 Å². The maximum absolute atomic E-state index is 11.7. The maximum atomic E-state index is 11.7. The Labute approximate surface area is 119 Å². The molecule has 108 valence electrons. The van der Waals surface area contributed by atoms with Gasteiger partial charge in [-0.15, -0.1) is 0 Å². The molecule has 0 aliphatic carbocycles. The second-order valence-electron chi connectivity index (χ2n) is 4.45. The van der Waals surface area contributed by atoms with Crippen molar-refractivity contribution in [3.63, 3.8) is 0 Å². The molecule has 0 atom stereocenters. The van der Waals surface area contributed by atoms with Crippen LogP contribution in [0.1, 0.15) is 11.1 Å². The number of aromatic hydroxyl groups is 2. The Morgan fingerprint density at radius 1 is 0.667 bits per heavy atom. The minimum absolute atomic E-state index is 0.00834. The van der Waals surface area contributed by atoms with Crippen LogP contribution >= 0.6 is 0 Å². The van der Waals surface area contributed by atoms with Crippen molar-refractivity contribution in [1.29, 1.82) is 0 Å². The molecule has 2 aromatic rings. The van der Waals surface area contributed by atoms with Crippen LogP contribution in [0.3, 0.4) is 0 Å². The third-order valence-electron chi connectivity index (χ3n) is 3.24. The average Bonchev–Trinajstić information content (AvgIpc) is 2.43. The van der Waals surface area contributed by atoms with Gasteiger partial charge in [0.05, 0.1) is 0 Å². The number of benzene rings is 2. The molecule has 0 radical (unpaired) electrons. The van der Waals surface area contributed by atoms with Crippen molar-refractivity contribution < 1.29 is 30.0 Å². The first kappa shape index (κ1) is 14.4. The van der Waals surface area contributed by atoms with Gasteiger partial charge in [0, 0.05) is 0 Å². The van der Waals surface area contributed by atoms with Gasteiger partial charge in [-0.3, -0.25) is 9.59 Å². The molecule has 4 N–H and O–H groups in total. The van der Waals surface area contributed by atoms with Gasteiger partial charge in [-0.2, -0.15) is 0 Å². The van der Waals surface area contributed by atoms with Gasteiger partial charge >= 0.3 is 11.9 Å². The van der Waals surface area contributed by atoms with Gasteiger partial charge in [0.2, 0.25) is 5.41 Å². The first-order valence-corrected chi connectivity index (χ1v) is 5.95. The van der Waals surface area contributed by atoms with Crippen LogP contribution in [0, 0.1) is 0 Å². The zero-order valence-corrected chi connectivity index (χ0v) is 10.7. The number of carbonyl (C=O) groups is 2. The van der Waals surface area contributed by atoms with E-state index in [0.717, 1.165) is 0 Å². The molecule has 0 aliphatic heterocycles. The molecule has 0 heterocycles. The summed E-state index contributed by atoms with van der Waals surface area (Å²) < 4.78 is 0. The predicted octanol–water partition coefficient (Wildman–Crippen LogP) is 1.55. The topological polar surface area (TPSA) is 115 Å². The average molecular weight is 288 g/mol. The van der Waals surface area contributed by atoms with E-state index < -0.39 is 17.4 Å². The van der Waals surface area contributed by atoms with Gasteiger partial charge in [0.1, 0.15) is 11.5 Å². The van der Waals surface area contributed by atoms with E-state index in [1.165, 1.54) is 48.5 Å². The highest BCUT2D eigenvalue weighted by Crippen LogP contribution is 2.35. The van der Waals surface area contributed by atoms with E-state index in [2.05, 4.69) is 0 Å². The standard InChI is InChI=1S/C15H12O6/c16-11-5-1-9(2-6-11)15(13(18)19,14(20)21)10-3-7-12(17)8-4-10/h1-8,16-17H,(H,18,19)(H,20,21). The number of phenols is 2. The molecule has 0 fully saturated rings. The summed E-state index contributed by atoms with van der Waals surface area (Å²) in [7, 11) is 0. The van der Waals surface area contributed by atoms with Crippen molar-refractivity contribution in [3.8, 4) is 11.5 Å². The molecule has 0 saturated heterocycles. The van der Waals surface area contributed by atoms with Crippen LogP contribution in [0.15, 0.2) is 48.5 Å². The summed E-state index contributed by atoms with van der Waals surface area (Å²) >= 11 is 0. The SMILES string of the molecule is O=C(O)C(C(=O)O)(c1ccc(O)cc1)c1ccc(O)cc1. The molecule has 0 aliphatic rings. The Hall–Kier alpha value is -3.02. The molecule has 0 unspecified atom stereocenters. The summed E-state index contributed by atoms with van der Waals surface area (Å²) in [5.41, 5.74) is -2.33. The quantitative estimate of drug-likeness (QED) is 0.634. The summed E-state index contributed by atoms with van der Waals surface area (Å²) in [4.78, 5) is 23.5. The highest BCUT2D eigenvalue weighted by Gasteiger charge is 2.50. The second kappa shape index (κ2) is 5.16. The van der Waals surface area contributed by atoms with E-state index in [1.54, 1.807) is 0 Å². The minimum Gasteiger partial charge on any atom is -0.508 e. The molecule has 6 nitrogen and oxygen atoms in total. The largest absolute Gasteiger partial charge is 0.508 e. The van der Waals surface area contributed by atoms with E-state index in [4.69, 9.17) is 0 Å². The fraction of sp³-hybridized carbons (Fsp3) is 0.0667. The molecule has 2 rings (SSSR count). The van der Waals surface area contributed by atoms with Gasteiger partial charge in [-0.1, -0.05) is 24.3 Å². The lowest BCUT2D eigenvalue weighted by Gasteiger charge is -2.26. The smallest absolute Gasteiger partial charge is 0.330 e. The first-order chi connectivity index (χ1) is 9.88. The van der Waals surface area contributed by atoms with Crippen LogP contribution in [0.5, 0.6) is 11.5 Å². The summed E-state index contributed by atoms with van der Waals surface area (Å²) in [5.74, 6) is -3.33. The molecule has 0 aromatic heterocycles. The zero-order chi connectivity index (χ0) is 15.6. The zero-order valence-electron chi connectivity index (χ0n) is 10.7. The van der Waals surface area contributed by atoms with Crippen LogP contribution < -0.4 is 0 Å². The lowest BCUT2D eigenvalue weighted by molar-refractivity contribution is -0.155. The Balaban J connectivity index is 2.75. The Morgan fingerprint density at radius 3 is 1.19 bits per heavy atom. The summed E-state index contributed by atoms with van der Waals surface area (Å²) in [6, 6.07) is 9.84. The minimum atomic E-state index is -2.32. The van der Waals surface area contributed by atoms with Gasteiger partial charge < -0.3 is 20.4 Å². The van der Waals surface area contributed by atoms with Crippen LogP contribution in [-0.2, 0) is 15.0 Å². The van der Waals surface area contributed by atoms with E-state index >= 15 is 0 Å². The number of hydrogen-bond donors (Lipinski definition) is 4. The van der Waals surface area contributed by atoms with Crippen LogP contribution in [0.2, 0.25) is 0 Å². The monoisotopic (exact) mass is 288 g/mol. The number of hydrogen-bond acceptors (Lipinski definition) is 4. The summed E-state index contributed by atoms with van der Waals surface area (Å²) in [6.45, 7) is 0. The number of carboxylic acids is 2. The number of rotatable bonds is 4. The van der Waals surface area contributed by atoms with Crippen molar-refractivity contribution >= 4 is 11.9 Å². The van der Waals surface area contributed by atoms with Crippen molar-refractivity contribution in [1.82, 2.24) is 0 Å². The molecular formula is C15H12O6. The highest BCUT2D eigenvalue weighted by molar-refractivity contribution is 6.08. The molecule has 6 heteroatoms.